The molecule has 1 aromatic heterocycles. The Morgan fingerprint density at radius 2 is 1.92 bits per heavy atom. The molecule has 1 aromatic rings. The number of aromatic nitrogens is 1. The summed E-state index contributed by atoms with van der Waals surface area (Å²) in [6, 6.07) is 1.89. The van der Waals surface area contributed by atoms with Crippen LogP contribution in [0.2, 0.25) is 0 Å². The number of carbonyl (C=O) groups excluding carboxylic acids is 2. The van der Waals surface area contributed by atoms with Gasteiger partial charge in [-0.2, -0.15) is 5.26 Å². The first kappa shape index (κ1) is 18.3. The van der Waals surface area contributed by atoms with Crippen LogP contribution in [0.3, 0.4) is 0 Å². The molecule has 0 radical (unpaired) electrons. The summed E-state index contributed by atoms with van der Waals surface area (Å²) in [5.41, 5.74) is 2.70. The van der Waals surface area contributed by atoms with Gasteiger partial charge in [-0.15, -0.1) is 11.8 Å². The summed E-state index contributed by atoms with van der Waals surface area (Å²) in [6.45, 7) is 9.59. The number of nitriles is 1. The number of aryl methyl sites for hydroxylation is 1. The molecule has 128 valence electrons. The van der Waals surface area contributed by atoms with E-state index in [4.69, 9.17) is 0 Å². The van der Waals surface area contributed by atoms with E-state index >= 15 is 0 Å². The summed E-state index contributed by atoms with van der Waals surface area (Å²) >= 11 is 1.49. The van der Waals surface area contributed by atoms with E-state index in [2.05, 4.69) is 16.4 Å². The molecule has 2 rings (SSSR count). The van der Waals surface area contributed by atoms with E-state index in [1.54, 1.807) is 13.8 Å². The number of pyridine rings is 1. The van der Waals surface area contributed by atoms with Crippen molar-refractivity contribution in [2.75, 3.05) is 12.3 Å². The summed E-state index contributed by atoms with van der Waals surface area (Å²) in [6.07, 6.45) is 0.651. The molecule has 3 amide bonds. The zero-order chi connectivity index (χ0) is 18.1. The predicted molar refractivity (Wildman–Crippen MR) is 92.8 cm³/mol. The maximum atomic E-state index is 12.1. The van der Waals surface area contributed by atoms with Crippen molar-refractivity contribution >= 4 is 23.7 Å². The molecule has 1 fully saturated rings. The van der Waals surface area contributed by atoms with Crippen molar-refractivity contribution in [2.24, 2.45) is 0 Å². The van der Waals surface area contributed by atoms with Gasteiger partial charge in [0.15, 0.2) is 0 Å². The van der Waals surface area contributed by atoms with Gasteiger partial charge in [0, 0.05) is 18.0 Å². The Hall–Kier alpha value is -2.07. The van der Waals surface area contributed by atoms with Gasteiger partial charge in [0.2, 0.25) is 0 Å². The minimum atomic E-state index is -0.828. The molecule has 1 aliphatic rings. The number of rotatable bonds is 5. The number of thioether (sulfide) groups is 1. The van der Waals surface area contributed by atoms with Gasteiger partial charge in [0.05, 0.1) is 5.56 Å². The normalized spacial score (nSPS) is 16.2. The lowest BCUT2D eigenvalue weighted by atomic mass is 10.1. The number of urea groups is 1. The quantitative estimate of drug-likeness (QED) is 0.503. The molecule has 0 aliphatic carbocycles. The molecule has 1 N–H and O–H groups in total. The van der Waals surface area contributed by atoms with Crippen molar-refractivity contribution in [1.82, 2.24) is 15.2 Å². The zero-order valence-corrected chi connectivity index (χ0v) is 15.5. The van der Waals surface area contributed by atoms with Crippen molar-refractivity contribution in [3.8, 4) is 6.07 Å². The lowest BCUT2D eigenvalue weighted by Crippen LogP contribution is -2.40. The van der Waals surface area contributed by atoms with Crippen LogP contribution in [0.5, 0.6) is 0 Å². The van der Waals surface area contributed by atoms with Gasteiger partial charge in [-0.1, -0.05) is 0 Å². The van der Waals surface area contributed by atoms with Crippen LogP contribution in [-0.4, -0.2) is 39.7 Å². The third-order valence-corrected chi connectivity index (χ3v) is 5.35. The average molecular weight is 346 g/mol. The maximum Gasteiger partial charge on any atom is 0.325 e. The number of nitrogens with zero attached hydrogens (tertiary/aromatic N) is 3. The number of imide groups is 1. The molecule has 0 atom stereocenters. The minimum absolute atomic E-state index is 0.199. The Labute approximate surface area is 146 Å². The van der Waals surface area contributed by atoms with E-state index in [-0.39, 0.29) is 11.9 Å². The third-order valence-electron chi connectivity index (χ3n) is 4.28. The van der Waals surface area contributed by atoms with Crippen molar-refractivity contribution in [3.05, 3.63) is 22.4 Å². The molecule has 24 heavy (non-hydrogen) atoms. The Morgan fingerprint density at radius 3 is 2.46 bits per heavy atom. The predicted octanol–water partition coefficient (Wildman–Crippen LogP) is 2.69. The second kappa shape index (κ2) is 6.81. The summed E-state index contributed by atoms with van der Waals surface area (Å²) in [4.78, 5) is 29.7. The number of amides is 3. The first-order chi connectivity index (χ1) is 11.2. The fourth-order valence-corrected chi connectivity index (χ4v) is 3.57. The smallest absolute Gasteiger partial charge is 0.324 e. The second-order valence-electron chi connectivity index (χ2n) is 6.45. The molecular weight excluding hydrogens is 324 g/mol. The lowest BCUT2D eigenvalue weighted by Gasteiger charge is -2.16. The summed E-state index contributed by atoms with van der Waals surface area (Å²) in [5, 5.41) is 12.7. The largest absolute Gasteiger partial charge is 0.325 e. The first-order valence-corrected chi connectivity index (χ1v) is 8.82. The molecule has 0 saturated carbocycles. The SMILES string of the molecule is Cc1nc(SCCCN2C(=O)NC(C)(C)C2=O)c(C#N)c(C)c1C. The Balaban J connectivity index is 1.98. The topological polar surface area (TPSA) is 86.1 Å². The van der Waals surface area contributed by atoms with E-state index in [0.29, 0.717) is 24.3 Å². The monoisotopic (exact) mass is 346 g/mol. The fraction of sp³-hybridized carbons (Fsp3) is 0.529. The van der Waals surface area contributed by atoms with Gasteiger partial charge in [-0.05, 0) is 52.2 Å². The summed E-state index contributed by atoms with van der Waals surface area (Å²) in [7, 11) is 0. The van der Waals surface area contributed by atoms with Crippen LogP contribution in [0.15, 0.2) is 5.03 Å². The molecule has 1 aliphatic heterocycles. The Bertz CT molecular complexity index is 737. The van der Waals surface area contributed by atoms with Gasteiger partial charge in [-0.3, -0.25) is 9.69 Å². The maximum absolute atomic E-state index is 12.1. The standard InChI is InChI=1S/C17H22N4O2S/c1-10-11(2)13(9-18)14(19-12(10)3)24-8-6-7-21-15(22)17(4,5)20-16(21)23/h6-8H2,1-5H3,(H,20,23). The first-order valence-electron chi connectivity index (χ1n) is 7.84. The number of nitrogens with one attached hydrogen (secondary N) is 1. The Morgan fingerprint density at radius 1 is 1.25 bits per heavy atom. The molecule has 6 nitrogen and oxygen atoms in total. The zero-order valence-electron chi connectivity index (χ0n) is 14.7. The van der Waals surface area contributed by atoms with Crippen LogP contribution in [0.25, 0.3) is 0 Å². The number of hydrogen-bond acceptors (Lipinski definition) is 5. The molecule has 0 bridgehead atoms. The van der Waals surface area contributed by atoms with Crippen molar-refractivity contribution in [2.45, 2.75) is 51.6 Å². The summed E-state index contributed by atoms with van der Waals surface area (Å²) < 4.78 is 0. The van der Waals surface area contributed by atoms with Gasteiger partial charge < -0.3 is 5.32 Å². The lowest BCUT2D eigenvalue weighted by molar-refractivity contribution is -0.130. The van der Waals surface area contributed by atoms with E-state index < -0.39 is 5.54 Å². The highest BCUT2D eigenvalue weighted by Gasteiger charge is 2.43. The van der Waals surface area contributed by atoms with Gasteiger partial charge in [0.1, 0.15) is 16.6 Å². The molecule has 0 spiro atoms. The van der Waals surface area contributed by atoms with Crippen molar-refractivity contribution < 1.29 is 9.59 Å². The minimum Gasteiger partial charge on any atom is -0.324 e. The van der Waals surface area contributed by atoms with E-state index in [1.807, 2.05) is 20.8 Å². The molecule has 1 saturated heterocycles. The molecule has 7 heteroatoms. The highest BCUT2D eigenvalue weighted by atomic mass is 32.2. The molecule has 0 aromatic carbocycles. The highest BCUT2D eigenvalue weighted by Crippen LogP contribution is 2.27. The Kier molecular flexibility index (Phi) is 5.19. The molecule has 0 unspecified atom stereocenters. The van der Waals surface area contributed by atoms with E-state index in [0.717, 1.165) is 21.8 Å². The van der Waals surface area contributed by atoms with Crippen LogP contribution in [0.1, 0.15) is 42.7 Å². The van der Waals surface area contributed by atoms with Crippen molar-refractivity contribution in [3.63, 3.8) is 0 Å². The van der Waals surface area contributed by atoms with Crippen molar-refractivity contribution in [1.29, 1.82) is 5.26 Å². The molecular formula is C17H22N4O2S. The van der Waals surface area contributed by atoms with Crippen LogP contribution in [0.4, 0.5) is 4.79 Å². The van der Waals surface area contributed by atoms with Gasteiger partial charge in [-0.25, -0.2) is 9.78 Å². The molecule has 2 heterocycles. The average Bonchev–Trinajstić information content (AvgIpc) is 2.70. The summed E-state index contributed by atoms with van der Waals surface area (Å²) in [5.74, 6) is 0.483. The number of carbonyl (C=O) groups is 2. The van der Waals surface area contributed by atoms with Gasteiger partial charge >= 0.3 is 6.03 Å². The van der Waals surface area contributed by atoms with Gasteiger partial charge in [0.25, 0.3) is 5.91 Å². The van der Waals surface area contributed by atoms with Crippen LogP contribution >= 0.6 is 11.8 Å². The van der Waals surface area contributed by atoms with E-state index in [9.17, 15) is 14.9 Å². The van der Waals surface area contributed by atoms with Crippen LogP contribution in [0, 0.1) is 32.1 Å². The highest BCUT2D eigenvalue weighted by molar-refractivity contribution is 7.99. The van der Waals surface area contributed by atoms with Crippen LogP contribution < -0.4 is 5.32 Å². The fourth-order valence-electron chi connectivity index (χ4n) is 2.56. The number of hydrogen-bond donors (Lipinski definition) is 1. The van der Waals surface area contributed by atoms with E-state index in [1.165, 1.54) is 16.7 Å². The van der Waals surface area contributed by atoms with Crippen LogP contribution in [-0.2, 0) is 4.79 Å². The third kappa shape index (κ3) is 3.39. The second-order valence-corrected chi connectivity index (χ2v) is 7.54.